The molecule has 1 aliphatic heterocycles. The monoisotopic (exact) mass is 192 g/mol. The molecule has 0 spiro atoms. The second kappa shape index (κ2) is 3.81. The lowest BCUT2D eigenvalue weighted by atomic mass is 9.79. The minimum absolute atomic E-state index is 0.270. The van der Waals surface area contributed by atoms with E-state index in [-0.39, 0.29) is 12.7 Å². The van der Waals surface area contributed by atoms with Gasteiger partial charge >= 0.3 is 13.1 Å². The molecule has 0 saturated carbocycles. The smallest absolute Gasteiger partial charge is 0.478 e. The van der Waals surface area contributed by atoms with Gasteiger partial charge in [0.1, 0.15) is 0 Å². The lowest BCUT2D eigenvalue weighted by Gasteiger charge is -2.03. The zero-order valence-corrected chi connectivity index (χ0v) is 7.47. The Labute approximate surface area is 81.6 Å². The number of carboxylic acid groups (broad SMARTS) is 1. The van der Waals surface area contributed by atoms with Gasteiger partial charge in [0.15, 0.2) is 0 Å². The van der Waals surface area contributed by atoms with Gasteiger partial charge in [0.05, 0.1) is 18.8 Å². The average Bonchev–Trinajstić information content (AvgIpc) is 2.71. The standard InChI is InChI=1S/C9H9BO4/c11-9(12)7-1-3-8(4-2-7)10-13-5-6-14-10/h1-4H,5-6H2,(H,11,12). The summed E-state index contributed by atoms with van der Waals surface area (Å²) in [5.41, 5.74) is 1.12. The van der Waals surface area contributed by atoms with Crippen LogP contribution in [0.25, 0.3) is 0 Å². The molecule has 1 saturated heterocycles. The van der Waals surface area contributed by atoms with Gasteiger partial charge in [0, 0.05) is 0 Å². The number of aromatic carboxylic acids is 1. The fraction of sp³-hybridized carbons (Fsp3) is 0.222. The summed E-state index contributed by atoms with van der Waals surface area (Å²) < 4.78 is 10.5. The Kier molecular flexibility index (Phi) is 2.52. The normalized spacial score (nSPS) is 15.9. The van der Waals surface area contributed by atoms with Crippen molar-refractivity contribution in [2.75, 3.05) is 13.2 Å². The molecule has 0 unspecified atom stereocenters. The molecule has 72 valence electrons. The Bertz CT molecular complexity index is 329. The first-order valence-electron chi connectivity index (χ1n) is 4.34. The number of hydrogen-bond donors (Lipinski definition) is 1. The zero-order valence-electron chi connectivity index (χ0n) is 7.47. The molecule has 0 atom stereocenters. The summed E-state index contributed by atoms with van der Waals surface area (Å²) in [6.45, 7) is 1.18. The minimum Gasteiger partial charge on any atom is -0.478 e. The maximum absolute atomic E-state index is 10.6. The van der Waals surface area contributed by atoms with Crippen molar-refractivity contribution in [2.24, 2.45) is 0 Å². The second-order valence-electron chi connectivity index (χ2n) is 3.00. The lowest BCUT2D eigenvalue weighted by molar-refractivity contribution is 0.0697. The Morgan fingerprint density at radius 2 is 1.79 bits per heavy atom. The van der Waals surface area contributed by atoms with Crippen LogP contribution in [0, 0.1) is 0 Å². The van der Waals surface area contributed by atoms with Crippen LogP contribution in [-0.2, 0) is 9.31 Å². The van der Waals surface area contributed by atoms with Gasteiger partial charge in [-0.3, -0.25) is 0 Å². The fourth-order valence-corrected chi connectivity index (χ4v) is 1.33. The molecule has 0 aromatic heterocycles. The summed E-state index contributed by atoms with van der Waals surface area (Å²) in [6.07, 6.45) is 0. The van der Waals surface area contributed by atoms with E-state index in [0.29, 0.717) is 13.2 Å². The Hall–Kier alpha value is -1.33. The van der Waals surface area contributed by atoms with Crippen molar-refractivity contribution in [1.82, 2.24) is 0 Å². The van der Waals surface area contributed by atoms with Crippen molar-refractivity contribution in [2.45, 2.75) is 0 Å². The summed E-state index contributed by atoms with van der Waals surface area (Å²) in [6, 6.07) is 6.50. The number of hydrogen-bond acceptors (Lipinski definition) is 3. The van der Waals surface area contributed by atoms with Crippen LogP contribution in [0.3, 0.4) is 0 Å². The highest BCUT2D eigenvalue weighted by Gasteiger charge is 2.25. The van der Waals surface area contributed by atoms with E-state index < -0.39 is 5.97 Å². The molecule has 2 rings (SSSR count). The van der Waals surface area contributed by atoms with Gasteiger partial charge in [-0.2, -0.15) is 0 Å². The summed E-state index contributed by atoms with van der Waals surface area (Å²) in [4.78, 5) is 10.6. The molecule has 1 aromatic rings. The molecule has 1 aromatic carbocycles. The summed E-state index contributed by atoms with van der Waals surface area (Å²) >= 11 is 0. The van der Waals surface area contributed by atoms with E-state index >= 15 is 0 Å². The quantitative estimate of drug-likeness (QED) is 0.676. The maximum atomic E-state index is 10.6. The number of carbonyl (C=O) groups is 1. The zero-order chi connectivity index (χ0) is 9.97. The van der Waals surface area contributed by atoms with Crippen molar-refractivity contribution in [1.29, 1.82) is 0 Å². The highest BCUT2D eigenvalue weighted by molar-refractivity contribution is 6.61. The molecule has 1 N–H and O–H groups in total. The third-order valence-corrected chi connectivity index (χ3v) is 2.05. The SMILES string of the molecule is O=C(O)c1ccc(B2OCCO2)cc1. The van der Waals surface area contributed by atoms with Crippen molar-refractivity contribution < 1.29 is 19.2 Å². The molecule has 4 nitrogen and oxygen atoms in total. The molecule has 1 fully saturated rings. The Morgan fingerprint density at radius 1 is 1.21 bits per heavy atom. The van der Waals surface area contributed by atoms with Crippen LogP contribution in [0.1, 0.15) is 10.4 Å². The van der Waals surface area contributed by atoms with Crippen LogP contribution in [0.4, 0.5) is 0 Å². The van der Waals surface area contributed by atoms with Crippen molar-refractivity contribution in [3.8, 4) is 0 Å². The molecule has 14 heavy (non-hydrogen) atoms. The van der Waals surface area contributed by atoms with E-state index in [1.165, 1.54) is 0 Å². The van der Waals surface area contributed by atoms with E-state index in [0.717, 1.165) is 5.46 Å². The van der Waals surface area contributed by atoms with E-state index in [4.69, 9.17) is 14.4 Å². The summed E-state index contributed by atoms with van der Waals surface area (Å²) in [7, 11) is -0.335. The lowest BCUT2D eigenvalue weighted by Crippen LogP contribution is -2.31. The topological polar surface area (TPSA) is 55.8 Å². The molecular weight excluding hydrogens is 183 g/mol. The van der Waals surface area contributed by atoms with Gasteiger partial charge in [-0.05, 0) is 17.6 Å². The molecule has 1 aliphatic rings. The van der Waals surface area contributed by atoms with Gasteiger partial charge < -0.3 is 14.4 Å². The van der Waals surface area contributed by atoms with Crippen LogP contribution in [0.2, 0.25) is 0 Å². The average molecular weight is 192 g/mol. The van der Waals surface area contributed by atoms with Gasteiger partial charge in [-0.25, -0.2) is 4.79 Å². The van der Waals surface area contributed by atoms with E-state index in [2.05, 4.69) is 0 Å². The molecule has 0 amide bonds. The predicted octanol–water partition coefficient (Wildman–Crippen LogP) is 0.127. The molecule has 0 aliphatic carbocycles. The second-order valence-corrected chi connectivity index (χ2v) is 3.00. The van der Waals surface area contributed by atoms with E-state index in [1.54, 1.807) is 24.3 Å². The Balaban J connectivity index is 2.16. The molecular formula is C9H9BO4. The molecule has 1 heterocycles. The van der Waals surface area contributed by atoms with Crippen molar-refractivity contribution in [3.63, 3.8) is 0 Å². The van der Waals surface area contributed by atoms with E-state index in [1.807, 2.05) is 0 Å². The molecule has 0 radical (unpaired) electrons. The third kappa shape index (κ3) is 1.78. The predicted molar refractivity (Wildman–Crippen MR) is 50.7 cm³/mol. The van der Waals surface area contributed by atoms with Crippen molar-refractivity contribution >= 4 is 18.6 Å². The van der Waals surface area contributed by atoms with Gasteiger partial charge in [-0.1, -0.05) is 12.1 Å². The summed E-state index contributed by atoms with van der Waals surface area (Å²) in [5.74, 6) is -0.926. The van der Waals surface area contributed by atoms with Gasteiger partial charge in [-0.15, -0.1) is 0 Å². The van der Waals surface area contributed by atoms with Crippen LogP contribution >= 0.6 is 0 Å². The van der Waals surface area contributed by atoms with Crippen LogP contribution in [-0.4, -0.2) is 31.4 Å². The molecule has 0 bridgehead atoms. The van der Waals surface area contributed by atoms with Crippen LogP contribution in [0.5, 0.6) is 0 Å². The minimum atomic E-state index is -0.926. The fourth-order valence-electron chi connectivity index (χ4n) is 1.33. The first-order chi connectivity index (χ1) is 6.77. The van der Waals surface area contributed by atoms with Crippen LogP contribution in [0.15, 0.2) is 24.3 Å². The largest absolute Gasteiger partial charge is 0.494 e. The number of benzene rings is 1. The maximum Gasteiger partial charge on any atom is 0.494 e. The number of carboxylic acids is 1. The van der Waals surface area contributed by atoms with Crippen LogP contribution < -0.4 is 5.46 Å². The van der Waals surface area contributed by atoms with Gasteiger partial charge in [0.2, 0.25) is 0 Å². The Morgan fingerprint density at radius 3 is 2.29 bits per heavy atom. The highest BCUT2D eigenvalue weighted by atomic mass is 16.6. The number of rotatable bonds is 2. The first-order valence-corrected chi connectivity index (χ1v) is 4.34. The van der Waals surface area contributed by atoms with E-state index in [9.17, 15) is 4.79 Å². The molecule has 5 heteroatoms. The highest BCUT2D eigenvalue weighted by Crippen LogP contribution is 2.02. The third-order valence-electron chi connectivity index (χ3n) is 2.05. The summed E-state index contributed by atoms with van der Waals surface area (Å²) in [5, 5.41) is 8.68. The van der Waals surface area contributed by atoms with Gasteiger partial charge in [0.25, 0.3) is 0 Å². The van der Waals surface area contributed by atoms with Crippen molar-refractivity contribution in [3.05, 3.63) is 29.8 Å². The first kappa shape index (κ1) is 9.24.